The van der Waals surface area contributed by atoms with E-state index in [1.165, 1.54) is 16.7 Å². The number of carbonyl (C=O) groups is 2. The number of nitrogens with one attached hydrogen (secondary N) is 1. The highest BCUT2D eigenvalue weighted by atomic mass is 32.1. The van der Waals surface area contributed by atoms with Crippen LogP contribution in [-0.2, 0) is 22.5 Å². The Balaban J connectivity index is 1.66. The zero-order valence-electron chi connectivity index (χ0n) is 11.6. The Morgan fingerprint density at radius 1 is 1.41 bits per heavy atom. The maximum Gasteiger partial charge on any atom is 0.355 e. The third kappa shape index (κ3) is 3.00. The van der Waals surface area contributed by atoms with E-state index in [9.17, 15) is 9.59 Å². The van der Waals surface area contributed by atoms with Crippen molar-refractivity contribution in [3.05, 3.63) is 51.5 Å². The normalized spacial score (nSPS) is 16.8. The van der Waals surface area contributed by atoms with Gasteiger partial charge in [-0.15, -0.1) is 11.3 Å². The molecule has 0 fully saturated rings. The molecule has 7 heteroatoms. The quantitative estimate of drug-likeness (QED) is 0.897. The van der Waals surface area contributed by atoms with Gasteiger partial charge in [0.15, 0.2) is 11.8 Å². The summed E-state index contributed by atoms with van der Waals surface area (Å²) in [6.07, 6.45) is 0.179. The molecule has 1 amide bonds. The molecule has 2 N–H and O–H groups in total. The molecule has 1 atom stereocenters. The number of carboxylic acids is 1. The molecular formula is C15H14N2O4S. The van der Waals surface area contributed by atoms with Crippen molar-refractivity contribution in [2.45, 2.75) is 19.1 Å². The number of amides is 1. The summed E-state index contributed by atoms with van der Waals surface area (Å²) < 4.78 is 5.57. The summed E-state index contributed by atoms with van der Waals surface area (Å²) in [5.41, 5.74) is 2.00. The number of nitrogens with zero attached hydrogens (tertiary/aromatic N) is 1. The molecule has 2 heterocycles. The lowest BCUT2D eigenvalue weighted by Crippen LogP contribution is -2.33. The van der Waals surface area contributed by atoms with Crippen LogP contribution in [0, 0.1) is 0 Å². The summed E-state index contributed by atoms with van der Waals surface area (Å²) >= 11 is 1.20. The van der Waals surface area contributed by atoms with Gasteiger partial charge < -0.3 is 15.2 Å². The van der Waals surface area contributed by atoms with Gasteiger partial charge in [0.05, 0.1) is 13.2 Å². The number of carbonyl (C=O) groups excluding carboxylic acids is 1. The Morgan fingerprint density at radius 3 is 3.00 bits per heavy atom. The van der Waals surface area contributed by atoms with E-state index in [2.05, 4.69) is 10.3 Å². The SMILES string of the molecule is O=C(O)c1csc(CNC(=O)C2OCCc3ccccc32)n1. The summed E-state index contributed by atoms with van der Waals surface area (Å²) in [4.78, 5) is 27.0. The van der Waals surface area contributed by atoms with E-state index in [-0.39, 0.29) is 18.1 Å². The lowest BCUT2D eigenvalue weighted by Gasteiger charge is -2.25. The number of aromatic carboxylic acids is 1. The number of hydrogen-bond acceptors (Lipinski definition) is 5. The Morgan fingerprint density at radius 2 is 2.23 bits per heavy atom. The van der Waals surface area contributed by atoms with E-state index in [1.54, 1.807) is 0 Å². The molecule has 1 unspecified atom stereocenters. The molecule has 1 aliphatic heterocycles. The minimum atomic E-state index is -1.07. The first-order valence-electron chi connectivity index (χ1n) is 6.80. The van der Waals surface area contributed by atoms with Gasteiger partial charge in [0, 0.05) is 5.38 Å². The number of benzene rings is 1. The molecule has 22 heavy (non-hydrogen) atoms. The Hall–Kier alpha value is -2.25. The highest BCUT2D eigenvalue weighted by Crippen LogP contribution is 2.27. The van der Waals surface area contributed by atoms with Crippen molar-refractivity contribution in [2.24, 2.45) is 0 Å². The monoisotopic (exact) mass is 318 g/mol. The van der Waals surface area contributed by atoms with E-state index in [0.29, 0.717) is 11.6 Å². The molecule has 3 rings (SSSR count). The molecule has 0 bridgehead atoms. The predicted octanol–water partition coefficient (Wildman–Crippen LogP) is 1.77. The van der Waals surface area contributed by atoms with E-state index in [1.807, 2.05) is 24.3 Å². The number of hydrogen-bond donors (Lipinski definition) is 2. The van der Waals surface area contributed by atoms with E-state index >= 15 is 0 Å². The molecular weight excluding hydrogens is 304 g/mol. The zero-order chi connectivity index (χ0) is 15.5. The van der Waals surface area contributed by atoms with Crippen LogP contribution in [0.3, 0.4) is 0 Å². The summed E-state index contributed by atoms with van der Waals surface area (Å²) in [6.45, 7) is 0.703. The van der Waals surface area contributed by atoms with Gasteiger partial charge in [-0.2, -0.15) is 0 Å². The van der Waals surface area contributed by atoms with Crippen LogP contribution in [0.4, 0.5) is 0 Å². The molecule has 6 nitrogen and oxygen atoms in total. The second kappa shape index (κ2) is 6.25. The number of rotatable bonds is 4. The van der Waals surface area contributed by atoms with Crippen molar-refractivity contribution in [2.75, 3.05) is 6.61 Å². The maximum absolute atomic E-state index is 12.3. The number of fused-ring (bicyclic) bond motifs is 1. The van der Waals surface area contributed by atoms with Crippen molar-refractivity contribution in [3.63, 3.8) is 0 Å². The van der Waals surface area contributed by atoms with Crippen molar-refractivity contribution < 1.29 is 19.4 Å². The van der Waals surface area contributed by atoms with E-state index in [4.69, 9.17) is 9.84 Å². The van der Waals surface area contributed by atoms with Gasteiger partial charge in [0.25, 0.3) is 5.91 Å². The van der Waals surface area contributed by atoms with Crippen LogP contribution < -0.4 is 5.32 Å². The Kier molecular flexibility index (Phi) is 4.17. The molecule has 2 aromatic rings. The topological polar surface area (TPSA) is 88.5 Å². The van der Waals surface area contributed by atoms with Crippen LogP contribution in [-0.4, -0.2) is 28.6 Å². The van der Waals surface area contributed by atoms with E-state index < -0.39 is 12.1 Å². The van der Waals surface area contributed by atoms with Crippen molar-refractivity contribution in [3.8, 4) is 0 Å². The van der Waals surface area contributed by atoms with Crippen LogP contribution >= 0.6 is 11.3 Å². The predicted molar refractivity (Wildman–Crippen MR) is 79.8 cm³/mol. The summed E-state index contributed by atoms with van der Waals surface area (Å²) in [7, 11) is 0. The second-order valence-corrected chi connectivity index (χ2v) is 5.79. The van der Waals surface area contributed by atoms with Crippen LogP contribution in [0.2, 0.25) is 0 Å². The molecule has 114 valence electrons. The van der Waals surface area contributed by atoms with Crippen LogP contribution in [0.25, 0.3) is 0 Å². The largest absolute Gasteiger partial charge is 0.476 e. The van der Waals surface area contributed by atoms with Gasteiger partial charge in [0.2, 0.25) is 0 Å². The number of aromatic nitrogens is 1. The number of carboxylic acid groups (broad SMARTS) is 1. The fourth-order valence-electron chi connectivity index (χ4n) is 2.36. The molecule has 0 saturated carbocycles. The fourth-order valence-corrected chi connectivity index (χ4v) is 3.06. The maximum atomic E-state index is 12.3. The molecule has 0 spiro atoms. The van der Waals surface area contributed by atoms with Gasteiger partial charge in [0.1, 0.15) is 5.01 Å². The van der Waals surface area contributed by atoms with Gasteiger partial charge in [-0.05, 0) is 17.5 Å². The van der Waals surface area contributed by atoms with Gasteiger partial charge >= 0.3 is 5.97 Å². The third-order valence-electron chi connectivity index (χ3n) is 3.42. The second-order valence-electron chi connectivity index (χ2n) is 4.85. The van der Waals surface area contributed by atoms with Gasteiger partial charge in [-0.25, -0.2) is 9.78 Å². The number of thiazole rings is 1. The lowest BCUT2D eigenvalue weighted by molar-refractivity contribution is -0.134. The first kappa shape index (κ1) is 14.7. The van der Waals surface area contributed by atoms with Crippen molar-refractivity contribution in [1.82, 2.24) is 10.3 Å². The van der Waals surface area contributed by atoms with Crippen LogP contribution in [0.1, 0.15) is 32.7 Å². The summed E-state index contributed by atoms with van der Waals surface area (Å²) in [5.74, 6) is -1.31. The average Bonchev–Trinajstić information content (AvgIpc) is 3.01. The lowest BCUT2D eigenvalue weighted by atomic mass is 9.97. The molecule has 1 aromatic carbocycles. The Bertz CT molecular complexity index is 713. The Labute approximate surface area is 130 Å². The first-order valence-corrected chi connectivity index (χ1v) is 7.68. The van der Waals surface area contributed by atoms with Gasteiger partial charge in [-0.1, -0.05) is 24.3 Å². The molecule has 1 aromatic heterocycles. The average molecular weight is 318 g/mol. The first-order chi connectivity index (χ1) is 10.6. The fraction of sp³-hybridized carbons (Fsp3) is 0.267. The van der Waals surface area contributed by atoms with Gasteiger partial charge in [-0.3, -0.25) is 4.79 Å². The minimum Gasteiger partial charge on any atom is -0.476 e. The smallest absolute Gasteiger partial charge is 0.355 e. The summed E-state index contributed by atoms with van der Waals surface area (Å²) in [6, 6.07) is 7.72. The molecule has 1 aliphatic rings. The minimum absolute atomic E-state index is 0.00601. The van der Waals surface area contributed by atoms with Crippen molar-refractivity contribution >= 4 is 23.2 Å². The van der Waals surface area contributed by atoms with Crippen LogP contribution in [0.5, 0.6) is 0 Å². The van der Waals surface area contributed by atoms with Crippen molar-refractivity contribution in [1.29, 1.82) is 0 Å². The standard InChI is InChI=1S/C15H14N2O4S/c18-14(16-7-12-17-11(8-22-12)15(19)20)13-10-4-2-1-3-9(10)5-6-21-13/h1-4,8,13H,5-7H2,(H,16,18)(H,19,20). The highest BCUT2D eigenvalue weighted by Gasteiger charge is 2.27. The van der Waals surface area contributed by atoms with E-state index in [0.717, 1.165) is 17.5 Å². The molecule has 0 saturated heterocycles. The molecule has 0 radical (unpaired) electrons. The third-order valence-corrected chi connectivity index (χ3v) is 4.27. The zero-order valence-corrected chi connectivity index (χ0v) is 12.4. The summed E-state index contributed by atoms with van der Waals surface area (Å²) in [5, 5.41) is 13.6. The highest BCUT2D eigenvalue weighted by molar-refractivity contribution is 7.09. The number of ether oxygens (including phenoxy) is 1. The van der Waals surface area contributed by atoms with Crippen LogP contribution in [0.15, 0.2) is 29.6 Å². The molecule has 0 aliphatic carbocycles.